The average molecular weight is 202 g/mol. The van der Waals surface area contributed by atoms with Gasteiger partial charge in [0.2, 0.25) is 5.91 Å². The van der Waals surface area contributed by atoms with Crippen LogP contribution in [0.25, 0.3) is 0 Å². The zero-order valence-corrected chi connectivity index (χ0v) is 8.44. The van der Waals surface area contributed by atoms with Gasteiger partial charge in [-0.15, -0.1) is 0 Å². The molecule has 1 amide bonds. The van der Waals surface area contributed by atoms with Crippen LogP contribution in [0.3, 0.4) is 0 Å². The van der Waals surface area contributed by atoms with Crippen molar-refractivity contribution in [2.45, 2.75) is 31.5 Å². The monoisotopic (exact) mass is 202 g/mol. The van der Waals surface area contributed by atoms with Gasteiger partial charge in [-0.1, -0.05) is 0 Å². The highest BCUT2D eigenvalue weighted by Crippen LogP contribution is 2.21. The molecule has 0 radical (unpaired) electrons. The number of β-amino-alcohol motifs (C(OH)–C–C–N with tert-alkyl or cyclic N) is 1. The highest BCUT2D eigenvalue weighted by atomic mass is 16.3. The number of carbonyl (C=O) groups excluding carboxylic acids is 1. The molecule has 1 aliphatic rings. The van der Waals surface area contributed by atoms with Gasteiger partial charge in [0.25, 0.3) is 0 Å². The van der Waals surface area contributed by atoms with Crippen LogP contribution < -0.4 is 5.73 Å². The predicted molar refractivity (Wildman–Crippen MR) is 51.5 cm³/mol. The molecule has 0 bridgehead atoms. The van der Waals surface area contributed by atoms with Gasteiger partial charge in [0.05, 0.1) is 6.10 Å². The second kappa shape index (κ2) is 4.25. The van der Waals surface area contributed by atoms with Crippen LogP contribution >= 0.6 is 0 Å². The summed E-state index contributed by atoms with van der Waals surface area (Å²) < 4.78 is 0. The molecule has 0 aliphatic carbocycles. The molecular weight excluding hydrogens is 184 g/mol. The van der Waals surface area contributed by atoms with E-state index in [0.29, 0.717) is 32.5 Å². The quantitative estimate of drug-likeness (QED) is 0.530. The number of carbonyl (C=O) groups is 1. The standard InChI is InChI=1S/C9H18N2O3/c1-7(12)6-11-4-2-9(14,3-5-11)8(10)13/h7,12,14H,2-6H2,1H3,(H2,10,13)/t7-/m1/s1. The Labute approximate surface area is 83.5 Å². The van der Waals surface area contributed by atoms with Gasteiger partial charge in [-0.2, -0.15) is 0 Å². The minimum atomic E-state index is -1.34. The molecule has 1 atom stereocenters. The van der Waals surface area contributed by atoms with E-state index in [1.54, 1.807) is 6.92 Å². The lowest BCUT2D eigenvalue weighted by Crippen LogP contribution is -2.53. The van der Waals surface area contributed by atoms with Crippen molar-refractivity contribution in [2.24, 2.45) is 5.73 Å². The van der Waals surface area contributed by atoms with Gasteiger partial charge < -0.3 is 20.8 Å². The zero-order chi connectivity index (χ0) is 10.8. The molecule has 1 rings (SSSR count). The minimum Gasteiger partial charge on any atom is -0.392 e. The van der Waals surface area contributed by atoms with Gasteiger partial charge in [0, 0.05) is 19.6 Å². The molecule has 0 saturated carbocycles. The largest absolute Gasteiger partial charge is 0.392 e. The second-order valence-corrected chi connectivity index (χ2v) is 4.05. The summed E-state index contributed by atoms with van der Waals surface area (Å²) in [5.74, 6) is -0.644. The highest BCUT2D eigenvalue weighted by molar-refractivity contribution is 5.83. The Morgan fingerprint density at radius 3 is 2.43 bits per heavy atom. The third-order valence-corrected chi connectivity index (χ3v) is 2.66. The number of amides is 1. The summed E-state index contributed by atoms with van der Waals surface area (Å²) in [7, 11) is 0. The first-order valence-corrected chi connectivity index (χ1v) is 4.87. The molecule has 5 nitrogen and oxygen atoms in total. The summed E-state index contributed by atoms with van der Waals surface area (Å²) in [6.07, 6.45) is 0.333. The third-order valence-electron chi connectivity index (χ3n) is 2.66. The summed E-state index contributed by atoms with van der Waals surface area (Å²) >= 11 is 0. The first-order chi connectivity index (χ1) is 6.44. The molecule has 0 aromatic heterocycles. The van der Waals surface area contributed by atoms with Crippen LogP contribution in [-0.2, 0) is 4.79 Å². The molecule has 4 N–H and O–H groups in total. The van der Waals surface area contributed by atoms with Gasteiger partial charge in [0.15, 0.2) is 0 Å². The van der Waals surface area contributed by atoms with E-state index < -0.39 is 11.5 Å². The number of nitrogens with zero attached hydrogens (tertiary/aromatic N) is 1. The Kier molecular flexibility index (Phi) is 3.47. The fourth-order valence-electron chi connectivity index (χ4n) is 1.73. The van der Waals surface area contributed by atoms with Crippen molar-refractivity contribution in [3.8, 4) is 0 Å². The molecule has 0 spiro atoms. The molecule has 1 heterocycles. The molecule has 14 heavy (non-hydrogen) atoms. The van der Waals surface area contributed by atoms with Crippen molar-refractivity contribution in [1.82, 2.24) is 4.90 Å². The Morgan fingerprint density at radius 1 is 1.57 bits per heavy atom. The van der Waals surface area contributed by atoms with Gasteiger partial charge >= 0.3 is 0 Å². The van der Waals surface area contributed by atoms with Crippen molar-refractivity contribution in [3.05, 3.63) is 0 Å². The van der Waals surface area contributed by atoms with E-state index in [0.717, 1.165) is 0 Å². The molecule has 0 aromatic carbocycles. The van der Waals surface area contributed by atoms with Crippen molar-refractivity contribution < 1.29 is 15.0 Å². The fourth-order valence-corrected chi connectivity index (χ4v) is 1.73. The summed E-state index contributed by atoms with van der Waals surface area (Å²) in [4.78, 5) is 12.9. The first-order valence-electron chi connectivity index (χ1n) is 4.87. The average Bonchev–Trinajstić information content (AvgIpc) is 2.08. The zero-order valence-electron chi connectivity index (χ0n) is 8.44. The van der Waals surface area contributed by atoms with Crippen molar-refractivity contribution in [1.29, 1.82) is 0 Å². The predicted octanol–water partition coefficient (Wildman–Crippen LogP) is -1.32. The number of hydrogen-bond donors (Lipinski definition) is 3. The van der Waals surface area contributed by atoms with Crippen LogP contribution in [0.1, 0.15) is 19.8 Å². The molecule has 1 fully saturated rings. The number of piperidine rings is 1. The lowest BCUT2D eigenvalue weighted by Gasteiger charge is -2.36. The third kappa shape index (κ3) is 2.67. The van der Waals surface area contributed by atoms with Crippen LogP contribution in [0.4, 0.5) is 0 Å². The van der Waals surface area contributed by atoms with E-state index in [-0.39, 0.29) is 6.10 Å². The van der Waals surface area contributed by atoms with Crippen LogP contribution in [0.5, 0.6) is 0 Å². The molecule has 5 heteroatoms. The van der Waals surface area contributed by atoms with Crippen LogP contribution in [0.2, 0.25) is 0 Å². The van der Waals surface area contributed by atoms with E-state index in [9.17, 15) is 9.90 Å². The lowest BCUT2D eigenvalue weighted by atomic mass is 9.91. The highest BCUT2D eigenvalue weighted by Gasteiger charge is 2.37. The molecule has 0 aromatic rings. The van der Waals surface area contributed by atoms with Gasteiger partial charge in [-0.05, 0) is 19.8 Å². The SMILES string of the molecule is C[C@@H](O)CN1CCC(O)(C(N)=O)CC1. The van der Waals surface area contributed by atoms with E-state index in [4.69, 9.17) is 10.8 Å². The summed E-state index contributed by atoms with van der Waals surface area (Å²) in [6, 6.07) is 0. The number of nitrogens with two attached hydrogens (primary N) is 1. The van der Waals surface area contributed by atoms with E-state index in [1.807, 2.05) is 4.90 Å². The number of aliphatic hydroxyl groups excluding tert-OH is 1. The number of aliphatic hydroxyl groups is 2. The lowest BCUT2D eigenvalue weighted by molar-refractivity contribution is -0.141. The Bertz CT molecular complexity index is 210. The summed E-state index contributed by atoms with van der Waals surface area (Å²) in [5, 5.41) is 18.9. The number of likely N-dealkylation sites (tertiary alicyclic amines) is 1. The van der Waals surface area contributed by atoms with E-state index in [2.05, 4.69) is 0 Å². The molecule has 1 aliphatic heterocycles. The second-order valence-electron chi connectivity index (χ2n) is 4.05. The van der Waals surface area contributed by atoms with E-state index >= 15 is 0 Å². The number of rotatable bonds is 3. The smallest absolute Gasteiger partial charge is 0.249 e. The Hall–Kier alpha value is -0.650. The molecule has 0 unspecified atom stereocenters. The van der Waals surface area contributed by atoms with Crippen LogP contribution in [-0.4, -0.2) is 52.4 Å². The fraction of sp³-hybridized carbons (Fsp3) is 0.889. The van der Waals surface area contributed by atoms with Crippen LogP contribution in [0.15, 0.2) is 0 Å². The van der Waals surface area contributed by atoms with E-state index in [1.165, 1.54) is 0 Å². The van der Waals surface area contributed by atoms with Gasteiger partial charge in [0.1, 0.15) is 5.60 Å². The van der Waals surface area contributed by atoms with Crippen LogP contribution in [0, 0.1) is 0 Å². The molecule has 82 valence electrons. The molecule has 1 saturated heterocycles. The molecular formula is C9H18N2O3. The maximum atomic E-state index is 10.9. The minimum absolute atomic E-state index is 0.356. The normalized spacial score (nSPS) is 24.5. The van der Waals surface area contributed by atoms with Gasteiger partial charge in [-0.3, -0.25) is 4.79 Å². The maximum absolute atomic E-state index is 10.9. The van der Waals surface area contributed by atoms with Crippen molar-refractivity contribution >= 4 is 5.91 Å². The van der Waals surface area contributed by atoms with Gasteiger partial charge in [-0.25, -0.2) is 0 Å². The van der Waals surface area contributed by atoms with Crippen molar-refractivity contribution in [2.75, 3.05) is 19.6 Å². The summed E-state index contributed by atoms with van der Waals surface area (Å²) in [6.45, 7) is 3.50. The summed E-state index contributed by atoms with van der Waals surface area (Å²) in [5.41, 5.74) is 3.75. The Balaban J connectivity index is 2.42. The number of hydrogen-bond acceptors (Lipinski definition) is 4. The number of primary amides is 1. The topological polar surface area (TPSA) is 86.8 Å². The van der Waals surface area contributed by atoms with Crippen molar-refractivity contribution in [3.63, 3.8) is 0 Å². The maximum Gasteiger partial charge on any atom is 0.249 e. The Morgan fingerprint density at radius 2 is 2.07 bits per heavy atom. The first kappa shape index (κ1) is 11.4.